The second kappa shape index (κ2) is 8.20. The number of carbonyl (C=O) groups excluding carboxylic acids is 3. The van der Waals surface area contributed by atoms with Gasteiger partial charge in [0.15, 0.2) is 6.61 Å². The molecule has 0 saturated carbocycles. The number of fused-ring (bicyclic) bond motifs is 2. The van der Waals surface area contributed by atoms with Crippen LogP contribution >= 0.6 is 0 Å². The first-order valence-electron chi connectivity index (χ1n) is 9.41. The van der Waals surface area contributed by atoms with Crippen LogP contribution in [0.3, 0.4) is 0 Å². The van der Waals surface area contributed by atoms with Crippen molar-refractivity contribution in [3.8, 4) is 0 Å². The average Bonchev–Trinajstić information content (AvgIpc) is 3.39. The minimum Gasteiger partial charge on any atom is -0.465 e. The quantitative estimate of drug-likeness (QED) is 0.605. The number of hydrogen-bond acceptors (Lipinski definition) is 6. The Balaban J connectivity index is 1.67. The lowest BCUT2D eigenvalue weighted by Crippen LogP contribution is -2.36. The van der Waals surface area contributed by atoms with Gasteiger partial charge in [-0.2, -0.15) is 0 Å². The molecule has 0 atom stereocenters. The van der Waals surface area contributed by atoms with Gasteiger partial charge in [-0.3, -0.25) is 9.59 Å². The van der Waals surface area contributed by atoms with Crippen molar-refractivity contribution in [2.45, 2.75) is 12.8 Å². The molecular formula is C22H19N3O5. The van der Waals surface area contributed by atoms with Gasteiger partial charge in [0.2, 0.25) is 5.91 Å². The molecule has 2 aromatic heterocycles. The summed E-state index contributed by atoms with van der Waals surface area (Å²) in [6.45, 7) is -0.822. The number of esters is 1. The summed E-state index contributed by atoms with van der Waals surface area (Å²) in [7, 11) is 0. The van der Waals surface area contributed by atoms with Crippen LogP contribution < -0.4 is 11.1 Å². The summed E-state index contributed by atoms with van der Waals surface area (Å²) in [4.78, 5) is 40.2. The van der Waals surface area contributed by atoms with E-state index in [0.717, 1.165) is 16.8 Å². The number of rotatable bonds is 6. The lowest BCUT2D eigenvalue weighted by molar-refractivity contribution is -0.127. The van der Waals surface area contributed by atoms with Crippen LogP contribution in [0.15, 0.2) is 47.1 Å². The molecule has 1 aliphatic carbocycles. The molecule has 0 unspecified atom stereocenters. The second-order valence-electron chi connectivity index (χ2n) is 6.84. The van der Waals surface area contributed by atoms with E-state index in [1.165, 1.54) is 0 Å². The number of furan rings is 1. The number of ether oxygens (including phenoxy) is 1. The molecule has 3 N–H and O–H groups in total. The smallest absolute Gasteiger partial charge is 0.339 e. The number of allylic oxidation sites excluding steroid dienone is 1. The Hall–Kier alpha value is -3.94. The largest absolute Gasteiger partial charge is 0.465 e. The highest BCUT2D eigenvalue weighted by molar-refractivity contribution is 6.07. The van der Waals surface area contributed by atoms with Gasteiger partial charge in [-0.25, -0.2) is 9.78 Å². The Morgan fingerprint density at radius 3 is 2.77 bits per heavy atom. The van der Waals surface area contributed by atoms with Crippen LogP contribution in [0.4, 0.5) is 0 Å². The Morgan fingerprint density at radius 1 is 1.17 bits per heavy atom. The molecule has 1 aliphatic rings. The molecule has 0 aliphatic heterocycles. The lowest BCUT2D eigenvalue weighted by atomic mass is 10.0. The number of pyridine rings is 1. The van der Waals surface area contributed by atoms with E-state index in [1.54, 1.807) is 12.3 Å². The van der Waals surface area contributed by atoms with E-state index < -0.39 is 24.4 Å². The first-order chi connectivity index (χ1) is 14.5. The maximum Gasteiger partial charge on any atom is 0.339 e. The number of nitrogens with zero attached hydrogens (tertiary/aromatic N) is 1. The van der Waals surface area contributed by atoms with Crippen LogP contribution in [0.25, 0.3) is 22.6 Å². The predicted molar refractivity (Wildman–Crippen MR) is 109 cm³/mol. The van der Waals surface area contributed by atoms with Crippen molar-refractivity contribution < 1.29 is 23.5 Å². The lowest BCUT2D eigenvalue weighted by Gasteiger charge is -2.12. The molecule has 0 saturated heterocycles. The second-order valence-corrected chi connectivity index (χ2v) is 6.84. The van der Waals surface area contributed by atoms with Crippen molar-refractivity contribution in [1.82, 2.24) is 10.3 Å². The third-order valence-corrected chi connectivity index (χ3v) is 4.80. The molecule has 30 heavy (non-hydrogen) atoms. The molecule has 3 aromatic rings. The highest BCUT2D eigenvalue weighted by atomic mass is 16.5. The number of aromatic nitrogens is 1. The number of amides is 2. The van der Waals surface area contributed by atoms with Crippen molar-refractivity contribution in [1.29, 1.82) is 0 Å². The number of para-hydroxylation sites is 1. The standard InChI is InChI=1S/C22H19N3O5/c23-18(26)11-24-19(27)12-30-22(28)20-15-5-1-2-6-17(15)25-21-13(7-8-16(20)21)10-14-4-3-9-29-14/h1-6,9-10H,7-8,11-12H2,(H2,23,26)(H,24,27)/b13-10+. The van der Waals surface area contributed by atoms with Crippen LogP contribution in [0.1, 0.15) is 33.8 Å². The van der Waals surface area contributed by atoms with Gasteiger partial charge in [-0.15, -0.1) is 0 Å². The molecule has 152 valence electrons. The van der Waals surface area contributed by atoms with Crippen molar-refractivity contribution >= 4 is 40.3 Å². The summed E-state index contributed by atoms with van der Waals surface area (Å²) in [5.41, 5.74) is 8.55. The molecule has 0 radical (unpaired) electrons. The van der Waals surface area contributed by atoms with E-state index in [-0.39, 0.29) is 6.54 Å². The van der Waals surface area contributed by atoms with Crippen LogP contribution in [0, 0.1) is 0 Å². The SMILES string of the molecule is NC(=O)CNC(=O)COC(=O)c1c2c(nc3ccccc13)/C(=C/c1ccco1)CC2. The van der Waals surface area contributed by atoms with Gasteiger partial charge in [-0.05, 0) is 48.3 Å². The minimum atomic E-state index is -0.677. The van der Waals surface area contributed by atoms with Crippen LogP contribution in [-0.4, -0.2) is 35.9 Å². The van der Waals surface area contributed by atoms with Crippen LogP contribution in [0.2, 0.25) is 0 Å². The van der Waals surface area contributed by atoms with Crippen molar-refractivity contribution in [3.05, 3.63) is 65.2 Å². The minimum absolute atomic E-state index is 0.315. The summed E-state index contributed by atoms with van der Waals surface area (Å²) in [6, 6.07) is 11.0. The molecule has 0 bridgehead atoms. The van der Waals surface area contributed by atoms with E-state index in [1.807, 2.05) is 36.4 Å². The third-order valence-electron chi connectivity index (χ3n) is 4.80. The third kappa shape index (κ3) is 3.93. The summed E-state index contributed by atoms with van der Waals surface area (Å²) in [6.07, 6.45) is 4.85. The topological polar surface area (TPSA) is 125 Å². The molecule has 1 aromatic carbocycles. The molecular weight excluding hydrogens is 386 g/mol. The zero-order valence-corrected chi connectivity index (χ0v) is 16.0. The van der Waals surface area contributed by atoms with E-state index in [0.29, 0.717) is 35.1 Å². The number of carbonyl (C=O) groups is 3. The van der Waals surface area contributed by atoms with Gasteiger partial charge in [0.25, 0.3) is 5.91 Å². The van der Waals surface area contributed by atoms with Gasteiger partial charge >= 0.3 is 5.97 Å². The summed E-state index contributed by atoms with van der Waals surface area (Å²) < 4.78 is 10.6. The van der Waals surface area contributed by atoms with Crippen molar-refractivity contribution in [3.63, 3.8) is 0 Å². The maximum absolute atomic E-state index is 12.9. The van der Waals surface area contributed by atoms with E-state index in [2.05, 4.69) is 5.32 Å². The Kier molecular flexibility index (Phi) is 5.30. The molecule has 4 rings (SSSR count). The zero-order valence-electron chi connectivity index (χ0n) is 16.0. The molecule has 0 fully saturated rings. The Labute approximate surface area is 171 Å². The summed E-state index contributed by atoms with van der Waals surface area (Å²) in [5, 5.41) is 2.95. The number of primary amides is 1. The van der Waals surface area contributed by atoms with E-state index >= 15 is 0 Å². The summed E-state index contributed by atoms with van der Waals surface area (Å²) >= 11 is 0. The summed E-state index contributed by atoms with van der Waals surface area (Å²) in [5.74, 6) is -1.18. The monoisotopic (exact) mass is 405 g/mol. The maximum atomic E-state index is 12.9. The van der Waals surface area contributed by atoms with E-state index in [9.17, 15) is 14.4 Å². The first-order valence-corrected chi connectivity index (χ1v) is 9.41. The first kappa shape index (κ1) is 19.4. The number of hydrogen-bond donors (Lipinski definition) is 2. The average molecular weight is 405 g/mol. The predicted octanol–water partition coefficient (Wildman–Crippen LogP) is 2.07. The van der Waals surface area contributed by atoms with E-state index in [4.69, 9.17) is 19.9 Å². The van der Waals surface area contributed by atoms with Crippen LogP contribution in [0.5, 0.6) is 0 Å². The van der Waals surface area contributed by atoms with Gasteiger partial charge in [0.05, 0.1) is 29.6 Å². The molecule has 8 heteroatoms. The van der Waals surface area contributed by atoms with Gasteiger partial charge < -0.3 is 20.2 Å². The van der Waals surface area contributed by atoms with Crippen LogP contribution in [-0.2, 0) is 20.7 Å². The number of nitrogens with two attached hydrogens (primary N) is 1. The fraction of sp³-hybridized carbons (Fsp3) is 0.182. The molecule has 2 amide bonds. The fourth-order valence-corrected chi connectivity index (χ4v) is 3.50. The van der Waals surface area contributed by atoms with Gasteiger partial charge in [0.1, 0.15) is 5.76 Å². The van der Waals surface area contributed by atoms with Gasteiger partial charge in [-0.1, -0.05) is 18.2 Å². The molecule has 2 heterocycles. The van der Waals surface area contributed by atoms with Crippen molar-refractivity contribution in [2.24, 2.45) is 5.73 Å². The zero-order chi connectivity index (χ0) is 21.1. The highest BCUT2D eigenvalue weighted by Gasteiger charge is 2.28. The van der Waals surface area contributed by atoms with Crippen molar-refractivity contribution in [2.75, 3.05) is 13.2 Å². The number of nitrogens with one attached hydrogen (secondary N) is 1. The van der Waals surface area contributed by atoms with Gasteiger partial charge in [0, 0.05) is 5.39 Å². The Morgan fingerprint density at radius 2 is 2.00 bits per heavy atom. The number of benzene rings is 1. The Bertz CT molecular complexity index is 1160. The molecule has 0 spiro atoms. The molecule has 8 nitrogen and oxygen atoms in total. The fourth-order valence-electron chi connectivity index (χ4n) is 3.50. The normalized spacial score (nSPS) is 13.9. The highest BCUT2D eigenvalue weighted by Crippen LogP contribution is 2.37.